The van der Waals surface area contributed by atoms with Crippen molar-refractivity contribution in [3.63, 3.8) is 0 Å². The molecule has 116 valence electrons. The third kappa shape index (κ3) is 2.90. The number of hydrogen-bond acceptors (Lipinski definition) is 6. The molecule has 1 unspecified atom stereocenters. The minimum Gasteiger partial charge on any atom is -0.342 e. The number of hydrogen-bond donors (Lipinski definition) is 4. The van der Waals surface area contributed by atoms with Gasteiger partial charge in [0.05, 0.1) is 6.61 Å². The quantitative estimate of drug-likeness (QED) is 0.443. The van der Waals surface area contributed by atoms with Crippen LogP contribution in [0.1, 0.15) is 5.56 Å². The molecule has 6 nitrogen and oxygen atoms in total. The zero-order valence-corrected chi connectivity index (χ0v) is 14.0. The van der Waals surface area contributed by atoms with Gasteiger partial charge in [-0.2, -0.15) is 0 Å². The van der Waals surface area contributed by atoms with Crippen LogP contribution in [-0.2, 0) is 15.2 Å². The third-order valence-corrected chi connectivity index (χ3v) is 4.47. The Morgan fingerprint density at radius 2 is 2.05 bits per heavy atom. The molecule has 0 bridgehead atoms. The normalized spacial score (nSPS) is 28.3. The highest BCUT2D eigenvalue weighted by Gasteiger charge is 2.49. The number of rotatable bonds is 5. The van der Waals surface area contributed by atoms with Gasteiger partial charge < -0.3 is 9.53 Å². The zero-order chi connectivity index (χ0) is 15.5. The molecule has 1 fully saturated rings. The molecule has 1 saturated heterocycles. The summed E-state index contributed by atoms with van der Waals surface area (Å²) in [6.07, 6.45) is 0.843. The van der Waals surface area contributed by atoms with Gasteiger partial charge in [-0.1, -0.05) is 28.1 Å². The molecule has 21 heavy (non-hydrogen) atoms. The summed E-state index contributed by atoms with van der Waals surface area (Å²) < 4.78 is 6.95. The largest absolute Gasteiger partial charge is 0.342 e. The molecule has 0 amide bonds. The molecule has 7 heteroatoms. The van der Waals surface area contributed by atoms with Crippen molar-refractivity contribution in [2.75, 3.05) is 27.7 Å². The first kappa shape index (κ1) is 16.5. The van der Waals surface area contributed by atoms with Gasteiger partial charge in [-0.15, -0.1) is 0 Å². The maximum atomic E-state index is 11.5. The van der Waals surface area contributed by atoms with Gasteiger partial charge in [-0.05, 0) is 38.8 Å². The summed E-state index contributed by atoms with van der Waals surface area (Å²) in [5, 5.41) is 12.6. The van der Waals surface area contributed by atoms with Gasteiger partial charge >= 0.3 is 0 Å². The zero-order valence-electron chi connectivity index (χ0n) is 12.4. The number of aldehydes is 1. The standard InChI is InChI=1S/C14H21BrN4O2/c1-16-13(10-5-4-6-11(15)7-10)9-21-14(17-2,18-3)12(8-20)19-13/h4-8,12,16-19H,9H2,1-3H3/t12?,13-/m1/s1. The number of nitrogens with one attached hydrogen (secondary N) is 4. The lowest BCUT2D eigenvalue weighted by atomic mass is 9.95. The van der Waals surface area contributed by atoms with Gasteiger partial charge in [-0.25, -0.2) is 0 Å². The molecule has 1 aromatic rings. The molecular formula is C14H21BrN4O2. The fourth-order valence-electron chi connectivity index (χ4n) is 2.64. The molecule has 0 aliphatic carbocycles. The van der Waals surface area contributed by atoms with E-state index in [9.17, 15) is 4.79 Å². The van der Waals surface area contributed by atoms with E-state index in [1.54, 1.807) is 14.1 Å². The van der Waals surface area contributed by atoms with Crippen molar-refractivity contribution >= 4 is 22.2 Å². The number of likely N-dealkylation sites (N-methyl/N-ethyl adjacent to an activating group) is 3. The van der Waals surface area contributed by atoms with E-state index in [1.807, 2.05) is 31.3 Å². The molecule has 2 rings (SSSR count). The molecule has 1 aliphatic heterocycles. The predicted molar refractivity (Wildman–Crippen MR) is 84.7 cm³/mol. The van der Waals surface area contributed by atoms with Gasteiger partial charge in [-0.3, -0.25) is 21.3 Å². The highest BCUT2D eigenvalue weighted by atomic mass is 79.9. The Labute approximate surface area is 133 Å². The molecular weight excluding hydrogens is 336 g/mol. The van der Waals surface area contributed by atoms with E-state index >= 15 is 0 Å². The van der Waals surface area contributed by atoms with E-state index in [2.05, 4.69) is 37.2 Å². The van der Waals surface area contributed by atoms with Crippen LogP contribution >= 0.6 is 15.9 Å². The second-order valence-electron chi connectivity index (χ2n) is 4.95. The van der Waals surface area contributed by atoms with Crippen molar-refractivity contribution in [3.05, 3.63) is 34.3 Å². The van der Waals surface area contributed by atoms with Crippen LogP contribution in [-0.4, -0.2) is 45.9 Å². The molecule has 0 radical (unpaired) electrons. The number of carbonyl (C=O) groups is 1. The SMILES string of the molecule is CNC1(NC)OC[C@](NC)(c2cccc(Br)c2)NC1C=O. The Hall–Kier alpha value is -0.830. The Bertz CT molecular complexity index is 510. The highest BCUT2D eigenvalue weighted by Crippen LogP contribution is 2.28. The van der Waals surface area contributed by atoms with E-state index in [0.717, 1.165) is 16.3 Å². The van der Waals surface area contributed by atoms with Crippen molar-refractivity contribution < 1.29 is 9.53 Å². The minimum absolute atomic E-state index is 0.353. The summed E-state index contributed by atoms with van der Waals surface area (Å²) >= 11 is 3.47. The van der Waals surface area contributed by atoms with Gasteiger partial charge in [0.1, 0.15) is 18.0 Å². The number of ether oxygens (including phenoxy) is 1. The number of benzene rings is 1. The van der Waals surface area contributed by atoms with E-state index in [1.165, 1.54) is 0 Å². The Morgan fingerprint density at radius 3 is 2.57 bits per heavy atom. The maximum Gasteiger partial charge on any atom is 0.197 e. The fourth-order valence-corrected chi connectivity index (χ4v) is 3.04. The Balaban J connectivity index is 2.37. The predicted octanol–water partition coefficient (Wildman–Crippen LogP) is 0.101. The number of halogens is 1. The molecule has 0 saturated carbocycles. The van der Waals surface area contributed by atoms with Crippen LogP contribution in [0.4, 0.5) is 0 Å². The smallest absolute Gasteiger partial charge is 0.197 e. The Morgan fingerprint density at radius 1 is 1.33 bits per heavy atom. The summed E-state index contributed by atoms with van der Waals surface area (Å²) in [5.74, 6) is -0.923. The number of morpholine rings is 1. The lowest BCUT2D eigenvalue weighted by Gasteiger charge is -2.50. The van der Waals surface area contributed by atoms with Crippen molar-refractivity contribution in [3.8, 4) is 0 Å². The maximum absolute atomic E-state index is 11.5. The minimum atomic E-state index is -0.923. The molecule has 0 spiro atoms. The lowest BCUT2D eigenvalue weighted by Crippen LogP contribution is -2.78. The van der Waals surface area contributed by atoms with E-state index in [4.69, 9.17) is 4.74 Å². The van der Waals surface area contributed by atoms with Crippen molar-refractivity contribution in [2.45, 2.75) is 17.6 Å². The van der Waals surface area contributed by atoms with Gasteiger partial charge in [0, 0.05) is 4.47 Å². The van der Waals surface area contributed by atoms with Crippen molar-refractivity contribution in [2.24, 2.45) is 0 Å². The van der Waals surface area contributed by atoms with Crippen LogP contribution in [0.5, 0.6) is 0 Å². The summed E-state index contributed by atoms with van der Waals surface area (Å²) in [4.78, 5) is 11.5. The van der Waals surface area contributed by atoms with Crippen LogP contribution in [0.3, 0.4) is 0 Å². The first-order valence-corrected chi connectivity index (χ1v) is 7.55. The van der Waals surface area contributed by atoms with Crippen LogP contribution in [0.2, 0.25) is 0 Å². The Kier molecular flexibility index (Phi) is 5.13. The first-order valence-electron chi connectivity index (χ1n) is 6.75. The molecule has 1 heterocycles. The van der Waals surface area contributed by atoms with Crippen molar-refractivity contribution in [1.29, 1.82) is 0 Å². The topological polar surface area (TPSA) is 74.4 Å². The van der Waals surface area contributed by atoms with Crippen LogP contribution in [0, 0.1) is 0 Å². The second-order valence-corrected chi connectivity index (χ2v) is 5.86. The summed E-state index contributed by atoms with van der Waals surface area (Å²) in [7, 11) is 5.34. The lowest BCUT2D eigenvalue weighted by molar-refractivity contribution is -0.176. The second kappa shape index (κ2) is 6.51. The average Bonchev–Trinajstić information content (AvgIpc) is 2.54. The van der Waals surface area contributed by atoms with Crippen molar-refractivity contribution in [1.82, 2.24) is 21.3 Å². The van der Waals surface area contributed by atoms with E-state index in [0.29, 0.717) is 6.61 Å². The summed E-state index contributed by atoms with van der Waals surface area (Å²) in [6, 6.07) is 7.34. The van der Waals surface area contributed by atoms with Gasteiger partial charge in [0.25, 0.3) is 0 Å². The summed E-state index contributed by atoms with van der Waals surface area (Å²) in [5.41, 5.74) is 0.360. The average molecular weight is 357 g/mol. The molecule has 2 atom stereocenters. The fraction of sp³-hybridized carbons (Fsp3) is 0.500. The van der Waals surface area contributed by atoms with Gasteiger partial charge in [0.2, 0.25) is 0 Å². The molecule has 1 aliphatic rings. The van der Waals surface area contributed by atoms with Gasteiger partial charge in [0.15, 0.2) is 5.85 Å². The molecule has 0 aromatic heterocycles. The number of carbonyl (C=O) groups excluding carboxylic acids is 1. The van der Waals surface area contributed by atoms with E-state index < -0.39 is 17.6 Å². The highest BCUT2D eigenvalue weighted by molar-refractivity contribution is 9.10. The summed E-state index contributed by atoms with van der Waals surface area (Å²) in [6.45, 7) is 0.353. The van der Waals surface area contributed by atoms with Crippen LogP contribution in [0.25, 0.3) is 0 Å². The molecule has 1 aromatic carbocycles. The van der Waals surface area contributed by atoms with Crippen LogP contribution < -0.4 is 21.3 Å². The first-order chi connectivity index (χ1) is 10.1. The third-order valence-electron chi connectivity index (χ3n) is 3.98. The van der Waals surface area contributed by atoms with E-state index in [-0.39, 0.29) is 0 Å². The molecule has 4 N–H and O–H groups in total. The monoisotopic (exact) mass is 356 g/mol. The van der Waals surface area contributed by atoms with Crippen LogP contribution in [0.15, 0.2) is 28.7 Å².